The van der Waals surface area contributed by atoms with Crippen molar-refractivity contribution in [2.75, 3.05) is 31.1 Å². The van der Waals surface area contributed by atoms with Crippen molar-refractivity contribution in [3.05, 3.63) is 102 Å². The van der Waals surface area contributed by atoms with Gasteiger partial charge in [-0.05, 0) is 56.9 Å². The van der Waals surface area contributed by atoms with Crippen molar-refractivity contribution in [3.8, 4) is 22.9 Å². The van der Waals surface area contributed by atoms with Crippen molar-refractivity contribution in [2.24, 2.45) is 5.41 Å². The molecule has 0 N–H and O–H groups in total. The molecule has 2 aliphatic heterocycles. The van der Waals surface area contributed by atoms with Gasteiger partial charge in [0.25, 0.3) is 0 Å². The maximum Gasteiger partial charge on any atom is 0.410 e. The van der Waals surface area contributed by atoms with Crippen molar-refractivity contribution in [1.82, 2.24) is 14.9 Å². The number of carbonyl (C=O) groups is 1. The van der Waals surface area contributed by atoms with E-state index in [0.29, 0.717) is 68.1 Å². The third-order valence-corrected chi connectivity index (χ3v) is 8.24. The maximum atomic E-state index is 15.6. The lowest BCUT2D eigenvalue weighted by atomic mass is 9.72. The summed E-state index contributed by atoms with van der Waals surface area (Å²) in [7, 11) is 0. The van der Waals surface area contributed by atoms with E-state index in [9.17, 15) is 4.79 Å². The van der Waals surface area contributed by atoms with Gasteiger partial charge in [0.15, 0.2) is 11.6 Å². The maximum absolute atomic E-state index is 15.6. The molecule has 2 fully saturated rings. The highest BCUT2D eigenvalue weighted by atomic mass is 19.1. The second-order valence-electron chi connectivity index (χ2n) is 12.9. The van der Waals surface area contributed by atoms with Gasteiger partial charge in [0, 0.05) is 55.0 Å². The Balaban J connectivity index is 1.14. The van der Waals surface area contributed by atoms with Crippen molar-refractivity contribution >= 4 is 11.9 Å². The summed E-state index contributed by atoms with van der Waals surface area (Å²) in [5.41, 5.74) is 2.77. The Kier molecular flexibility index (Phi) is 8.61. The lowest BCUT2D eigenvalue weighted by Crippen LogP contribution is -2.62. The van der Waals surface area contributed by atoms with Crippen molar-refractivity contribution in [3.63, 3.8) is 0 Å². The summed E-state index contributed by atoms with van der Waals surface area (Å²) in [4.78, 5) is 25.4. The molecule has 6 rings (SSSR count). The SMILES string of the molecule is CC(C)(C)OC(=O)N1CC2(CCN(c3ncc(-c4ccc(OCc5ccccc5)nc4OCc4ccccc4)cc3F)CC2)C1. The van der Waals surface area contributed by atoms with E-state index in [1.165, 1.54) is 6.07 Å². The second kappa shape index (κ2) is 12.8. The van der Waals surface area contributed by atoms with E-state index < -0.39 is 11.4 Å². The number of halogens is 1. The highest BCUT2D eigenvalue weighted by molar-refractivity contribution is 5.70. The molecule has 1 spiro atoms. The molecule has 8 nitrogen and oxygen atoms in total. The van der Waals surface area contributed by atoms with Gasteiger partial charge >= 0.3 is 6.09 Å². The normalized spacial score (nSPS) is 15.8. The molecule has 2 aromatic heterocycles. The average molecular weight is 611 g/mol. The number of nitrogens with zero attached hydrogens (tertiary/aromatic N) is 4. The van der Waals surface area contributed by atoms with Gasteiger partial charge in [-0.25, -0.2) is 14.2 Å². The average Bonchev–Trinajstić information content (AvgIpc) is 3.02. The number of pyridine rings is 2. The van der Waals surface area contributed by atoms with Gasteiger partial charge in [-0.3, -0.25) is 0 Å². The van der Waals surface area contributed by atoms with E-state index in [-0.39, 0.29) is 11.5 Å². The fraction of sp³-hybridized carbons (Fsp3) is 0.361. The van der Waals surface area contributed by atoms with Crippen LogP contribution in [0.5, 0.6) is 11.8 Å². The molecule has 1 amide bonds. The van der Waals surface area contributed by atoms with Gasteiger partial charge in [0.05, 0.1) is 0 Å². The molecule has 0 radical (unpaired) electrons. The van der Waals surface area contributed by atoms with E-state index >= 15 is 4.39 Å². The van der Waals surface area contributed by atoms with Gasteiger partial charge in [-0.1, -0.05) is 60.7 Å². The van der Waals surface area contributed by atoms with Gasteiger partial charge in [-0.2, -0.15) is 4.98 Å². The number of likely N-dealkylation sites (tertiary alicyclic amines) is 1. The number of anilines is 1. The highest BCUT2D eigenvalue weighted by Crippen LogP contribution is 2.42. The van der Waals surface area contributed by atoms with Crippen LogP contribution in [-0.2, 0) is 18.0 Å². The zero-order chi connectivity index (χ0) is 31.4. The first-order valence-electron chi connectivity index (χ1n) is 15.4. The number of ether oxygens (including phenoxy) is 3. The largest absolute Gasteiger partial charge is 0.473 e. The fourth-order valence-electron chi connectivity index (χ4n) is 5.83. The van der Waals surface area contributed by atoms with E-state index in [1.807, 2.05) is 92.4 Å². The first kappa shape index (κ1) is 30.4. The minimum Gasteiger partial charge on any atom is -0.473 e. The van der Waals surface area contributed by atoms with Crippen LogP contribution in [0.2, 0.25) is 0 Å². The minimum atomic E-state index is -0.512. The number of aromatic nitrogens is 2. The summed E-state index contributed by atoms with van der Waals surface area (Å²) in [6.07, 6.45) is 3.13. The zero-order valence-corrected chi connectivity index (χ0v) is 26.0. The third kappa shape index (κ3) is 7.36. The molecule has 9 heteroatoms. The summed E-state index contributed by atoms with van der Waals surface area (Å²) in [5, 5.41) is 0. The van der Waals surface area contributed by atoms with Crippen LogP contribution in [0.3, 0.4) is 0 Å². The smallest absolute Gasteiger partial charge is 0.410 e. The number of rotatable bonds is 8. The summed E-state index contributed by atoms with van der Waals surface area (Å²) < 4.78 is 33.3. The minimum absolute atomic E-state index is 0.0603. The Hall–Kier alpha value is -4.66. The molecule has 234 valence electrons. The van der Waals surface area contributed by atoms with Crippen molar-refractivity contribution in [2.45, 2.75) is 52.4 Å². The van der Waals surface area contributed by atoms with Gasteiger partial charge in [0.1, 0.15) is 18.8 Å². The standard InChI is InChI=1S/C36H39FN4O4/c1-35(2,3)45-34(42)41-24-36(25-41)16-18-40(19-17-36)32-30(37)20-28(21-38-32)29-14-15-31(43-22-26-10-6-4-7-11-26)39-33(29)44-23-27-12-8-5-9-13-27/h4-15,20-21H,16-19,22-25H2,1-3H3. The Morgan fingerprint density at radius 3 is 2.11 bits per heavy atom. The zero-order valence-electron chi connectivity index (χ0n) is 26.0. The number of benzene rings is 2. The Bertz CT molecular complexity index is 1610. The first-order valence-corrected chi connectivity index (χ1v) is 15.4. The number of piperidine rings is 1. The molecule has 0 aliphatic carbocycles. The van der Waals surface area contributed by atoms with Crippen LogP contribution in [0.25, 0.3) is 11.1 Å². The number of carbonyl (C=O) groups excluding carboxylic acids is 1. The van der Waals surface area contributed by atoms with Crippen molar-refractivity contribution < 1.29 is 23.4 Å². The van der Waals surface area contributed by atoms with Crippen LogP contribution in [0, 0.1) is 11.2 Å². The van der Waals surface area contributed by atoms with E-state index in [0.717, 1.165) is 24.0 Å². The van der Waals surface area contributed by atoms with Gasteiger partial charge in [0.2, 0.25) is 11.8 Å². The van der Waals surface area contributed by atoms with Crippen LogP contribution < -0.4 is 14.4 Å². The van der Waals surface area contributed by atoms with Crippen LogP contribution in [-0.4, -0.2) is 52.7 Å². The topological polar surface area (TPSA) is 77.0 Å². The molecule has 2 aliphatic rings. The summed E-state index contributed by atoms with van der Waals surface area (Å²) >= 11 is 0. The lowest BCUT2D eigenvalue weighted by Gasteiger charge is -2.53. The van der Waals surface area contributed by atoms with Crippen LogP contribution in [0.4, 0.5) is 15.0 Å². The third-order valence-electron chi connectivity index (χ3n) is 8.24. The van der Waals surface area contributed by atoms with Gasteiger partial charge in [-0.15, -0.1) is 0 Å². The lowest BCUT2D eigenvalue weighted by molar-refractivity contribution is -0.0435. The molecule has 4 heterocycles. The van der Waals surface area contributed by atoms with Crippen LogP contribution in [0.15, 0.2) is 85.1 Å². The molecule has 0 saturated carbocycles. The fourth-order valence-corrected chi connectivity index (χ4v) is 5.83. The molecular formula is C36H39FN4O4. The number of amides is 1. The predicted octanol–water partition coefficient (Wildman–Crippen LogP) is 7.28. The quantitative estimate of drug-likeness (QED) is 0.208. The number of hydrogen-bond acceptors (Lipinski definition) is 7. The molecule has 4 aromatic rings. The molecule has 2 saturated heterocycles. The van der Waals surface area contributed by atoms with E-state index in [1.54, 1.807) is 17.2 Å². The molecule has 0 atom stereocenters. The van der Waals surface area contributed by atoms with Crippen LogP contribution >= 0.6 is 0 Å². The second-order valence-corrected chi connectivity index (χ2v) is 12.9. The molecule has 2 aromatic carbocycles. The van der Waals surface area contributed by atoms with Crippen molar-refractivity contribution in [1.29, 1.82) is 0 Å². The number of hydrogen-bond donors (Lipinski definition) is 0. The monoisotopic (exact) mass is 610 g/mol. The Morgan fingerprint density at radius 2 is 1.51 bits per heavy atom. The van der Waals surface area contributed by atoms with E-state index in [2.05, 4.69) is 9.97 Å². The van der Waals surface area contributed by atoms with Gasteiger partial charge < -0.3 is 24.0 Å². The van der Waals surface area contributed by atoms with E-state index in [4.69, 9.17) is 14.2 Å². The summed E-state index contributed by atoms with van der Waals surface area (Å²) in [6, 6.07) is 24.8. The predicted molar refractivity (Wildman–Crippen MR) is 171 cm³/mol. The highest BCUT2D eigenvalue weighted by Gasteiger charge is 2.48. The Morgan fingerprint density at radius 1 is 0.889 bits per heavy atom. The summed E-state index contributed by atoms with van der Waals surface area (Å²) in [5.74, 6) is 0.697. The van der Waals surface area contributed by atoms with Crippen LogP contribution in [0.1, 0.15) is 44.7 Å². The molecular weight excluding hydrogens is 571 g/mol. The molecule has 45 heavy (non-hydrogen) atoms. The Labute approximate surface area is 263 Å². The molecule has 0 bridgehead atoms. The summed E-state index contributed by atoms with van der Waals surface area (Å²) in [6.45, 7) is 8.98. The molecule has 0 unspecified atom stereocenters. The first-order chi connectivity index (χ1) is 21.7.